The standard InChI is InChI=1S/C23H27N7O5S2/c1-13-10-24-20(25-11-13)19(35-6)15(3)37(31,32)29-23-28-27-21(22-26-12-14(2)36-22)30(23)18-16(33-4)8-7-9-17(18)34-5/h7-12,15,19H,1-6H3,(H,28,29). The highest BCUT2D eigenvalue weighted by atomic mass is 32.2. The molecule has 12 nitrogen and oxygen atoms in total. The van der Waals surface area contributed by atoms with E-state index in [1.165, 1.54) is 44.2 Å². The lowest BCUT2D eigenvalue weighted by Crippen LogP contribution is -2.33. The summed E-state index contributed by atoms with van der Waals surface area (Å²) in [7, 11) is 0.327. The molecule has 2 unspecified atom stereocenters. The Morgan fingerprint density at radius 2 is 1.62 bits per heavy atom. The van der Waals surface area contributed by atoms with Crippen LogP contribution < -0.4 is 14.2 Å². The summed E-state index contributed by atoms with van der Waals surface area (Å²) in [4.78, 5) is 13.9. The maximum atomic E-state index is 13.6. The second-order valence-corrected chi connectivity index (χ2v) is 11.4. The number of hydrogen-bond donors (Lipinski definition) is 1. The van der Waals surface area contributed by atoms with E-state index in [0.29, 0.717) is 28.0 Å². The molecule has 3 heterocycles. The zero-order chi connectivity index (χ0) is 26.7. The molecule has 0 aliphatic rings. The zero-order valence-corrected chi connectivity index (χ0v) is 22.8. The van der Waals surface area contributed by atoms with E-state index in [0.717, 1.165) is 10.4 Å². The van der Waals surface area contributed by atoms with Gasteiger partial charge in [-0.25, -0.2) is 23.4 Å². The molecule has 0 aliphatic heterocycles. The maximum absolute atomic E-state index is 13.6. The molecule has 14 heteroatoms. The monoisotopic (exact) mass is 545 g/mol. The van der Waals surface area contributed by atoms with Crippen LogP contribution in [0.3, 0.4) is 0 Å². The van der Waals surface area contributed by atoms with Crippen LogP contribution in [0.25, 0.3) is 16.5 Å². The third kappa shape index (κ3) is 5.26. The van der Waals surface area contributed by atoms with Gasteiger partial charge in [-0.2, -0.15) is 0 Å². The molecule has 0 radical (unpaired) electrons. The number of nitrogens with zero attached hydrogens (tertiary/aromatic N) is 6. The number of hydrogen-bond acceptors (Lipinski definition) is 11. The van der Waals surface area contributed by atoms with Crippen molar-refractivity contribution in [2.24, 2.45) is 0 Å². The number of para-hydroxylation sites is 1. The smallest absolute Gasteiger partial charge is 0.243 e. The highest BCUT2D eigenvalue weighted by molar-refractivity contribution is 7.93. The van der Waals surface area contributed by atoms with Gasteiger partial charge < -0.3 is 14.2 Å². The first-order chi connectivity index (χ1) is 17.7. The number of sulfonamides is 1. The van der Waals surface area contributed by atoms with E-state index in [2.05, 4.69) is 29.9 Å². The summed E-state index contributed by atoms with van der Waals surface area (Å²) in [6.07, 6.45) is 3.98. The van der Waals surface area contributed by atoms with E-state index in [1.54, 1.807) is 36.8 Å². The van der Waals surface area contributed by atoms with Crippen LogP contribution in [-0.2, 0) is 14.8 Å². The van der Waals surface area contributed by atoms with E-state index in [1.807, 2.05) is 13.8 Å². The van der Waals surface area contributed by atoms with Gasteiger partial charge in [-0.3, -0.25) is 9.29 Å². The van der Waals surface area contributed by atoms with Gasteiger partial charge in [-0.05, 0) is 38.5 Å². The molecule has 37 heavy (non-hydrogen) atoms. The molecule has 1 aromatic carbocycles. The number of ether oxygens (including phenoxy) is 3. The first-order valence-corrected chi connectivity index (χ1v) is 13.5. The van der Waals surface area contributed by atoms with E-state index >= 15 is 0 Å². The quantitative estimate of drug-likeness (QED) is 0.315. The van der Waals surface area contributed by atoms with Gasteiger partial charge in [0.25, 0.3) is 0 Å². The number of nitrogens with one attached hydrogen (secondary N) is 1. The van der Waals surface area contributed by atoms with Crippen LogP contribution in [0.4, 0.5) is 5.95 Å². The molecule has 4 rings (SSSR count). The minimum Gasteiger partial charge on any atom is -0.494 e. The van der Waals surface area contributed by atoms with Crippen LogP contribution in [0.1, 0.15) is 29.3 Å². The van der Waals surface area contributed by atoms with Gasteiger partial charge in [-0.1, -0.05) is 6.07 Å². The molecular formula is C23H27N7O5S2. The lowest BCUT2D eigenvalue weighted by atomic mass is 10.2. The third-order valence-corrected chi connectivity index (χ3v) is 8.16. The van der Waals surface area contributed by atoms with Crippen molar-refractivity contribution in [3.8, 4) is 28.0 Å². The van der Waals surface area contributed by atoms with Crippen molar-refractivity contribution in [2.45, 2.75) is 32.1 Å². The van der Waals surface area contributed by atoms with Gasteiger partial charge in [0.05, 0.1) is 14.2 Å². The summed E-state index contributed by atoms with van der Waals surface area (Å²) < 4.78 is 47.9. The van der Waals surface area contributed by atoms with Crippen molar-refractivity contribution in [2.75, 3.05) is 26.1 Å². The molecule has 3 aromatic heterocycles. The molecule has 4 aromatic rings. The zero-order valence-electron chi connectivity index (χ0n) is 21.2. The number of rotatable bonds is 10. The van der Waals surface area contributed by atoms with Crippen molar-refractivity contribution in [1.29, 1.82) is 0 Å². The van der Waals surface area contributed by atoms with Crippen molar-refractivity contribution in [1.82, 2.24) is 29.7 Å². The number of aromatic nitrogens is 6. The second-order valence-electron chi connectivity index (χ2n) is 8.10. The van der Waals surface area contributed by atoms with Gasteiger partial charge in [0.2, 0.25) is 16.0 Å². The molecule has 0 spiro atoms. The van der Waals surface area contributed by atoms with E-state index in [9.17, 15) is 8.42 Å². The summed E-state index contributed by atoms with van der Waals surface area (Å²) >= 11 is 1.39. The van der Waals surface area contributed by atoms with Gasteiger partial charge in [0.15, 0.2) is 16.7 Å². The summed E-state index contributed by atoms with van der Waals surface area (Å²) in [5.41, 5.74) is 1.26. The normalized spacial score (nSPS) is 13.2. The number of aryl methyl sites for hydroxylation is 2. The molecule has 0 saturated carbocycles. The molecule has 0 aliphatic carbocycles. The Labute approximate surface area is 218 Å². The fourth-order valence-corrected chi connectivity index (χ4v) is 5.52. The predicted octanol–water partition coefficient (Wildman–Crippen LogP) is 3.33. The molecule has 2 atom stereocenters. The predicted molar refractivity (Wildman–Crippen MR) is 139 cm³/mol. The Morgan fingerprint density at radius 1 is 0.973 bits per heavy atom. The maximum Gasteiger partial charge on any atom is 0.243 e. The van der Waals surface area contributed by atoms with E-state index in [4.69, 9.17) is 14.2 Å². The second kappa shape index (κ2) is 10.8. The topological polar surface area (TPSA) is 143 Å². The van der Waals surface area contributed by atoms with Crippen molar-refractivity contribution in [3.63, 3.8) is 0 Å². The lowest BCUT2D eigenvalue weighted by molar-refractivity contribution is 0.0949. The summed E-state index contributed by atoms with van der Waals surface area (Å²) in [6.45, 7) is 5.26. The summed E-state index contributed by atoms with van der Waals surface area (Å²) in [6, 6.07) is 5.21. The van der Waals surface area contributed by atoms with Gasteiger partial charge in [0.1, 0.15) is 28.5 Å². The summed E-state index contributed by atoms with van der Waals surface area (Å²) in [5.74, 6) is 1.33. The molecule has 1 N–H and O–H groups in total. The fraction of sp³-hybridized carbons (Fsp3) is 0.348. The van der Waals surface area contributed by atoms with E-state index in [-0.39, 0.29) is 11.8 Å². The Balaban J connectivity index is 1.82. The first kappa shape index (κ1) is 26.4. The Kier molecular flexibility index (Phi) is 7.71. The molecule has 0 fully saturated rings. The SMILES string of the molecule is COc1cccc(OC)c1-n1c(NS(=O)(=O)C(C)C(OC)c2ncc(C)cn2)nnc1-c1ncc(C)s1. The van der Waals surface area contributed by atoms with Crippen molar-refractivity contribution >= 4 is 27.3 Å². The van der Waals surface area contributed by atoms with Gasteiger partial charge in [-0.15, -0.1) is 21.5 Å². The lowest BCUT2D eigenvalue weighted by Gasteiger charge is -2.22. The molecule has 0 amide bonds. The van der Waals surface area contributed by atoms with E-state index < -0.39 is 21.4 Å². The largest absolute Gasteiger partial charge is 0.494 e. The Morgan fingerprint density at radius 3 is 2.16 bits per heavy atom. The highest BCUT2D eigenvalue weighted by Crippen LogP contribution is 2.38. The van der Waals surface area contributed by atoms with Crippen LogP contribution in [0, 0.1) is 13.8 Å². The number of thiazole rings is 1. The highest BCUT2D eigenvalue weighted by Gasteiger charge is 2.35. The van der Waals surface area contributed by atoms with Crippen LogP contribution in [-0.4, -0.2) is 64.7 Å². The van der Waals surface area contributed by atoms with Crippen LogP contribution in [0.5, 0.6) is 11.5 Å². The average molecular weight is 546 g/mol. The van der Waals surface area contributed by atoms with Gasteiger partial charge >= 0.3 is 0 Å². The molecule has 0 bridgehead atoms. The molecular weight excluding hydrogens is 518 g/mol. The van der Waals surface area contributed by atoms with Crippen molar-refractivity contribution < 1.29 is 22.6 Å². The van der Waals surface area contributed by atoms with Crippen molar-refractivity contribution in [3.05, 3.63) is 53.1 Å². The third-order valence-electron chi connectivity index (χ3n) is 5.56. The molecule has 196 valence electrons. The number of anilines is 1. The van der Waals surface area contributed by atoms with Crippen LogP contribution in [0.2, 0.25) is 0 Å². The number of methoxy groups -OCH3 is 3. The minimum atomic E-state index is -4.09. The average Bonchev–Trinajstić information content (AvgIpc) is 3.50. The van der Waals surface area contributed by atoms with Crippen LogP contribution >= 0.6 is 11.3 Å². The number of benzene rings is 1. The Hall–Kier alpha value is -3.62. The van der Waals surface area contributed by atoms with Crippen LogP contribution in [0.15, 0.2) is 36.8 Å². The summed E-state index contributed by atoms with van der Waals surface area (Å²) in [5, 5.41) is 7.90. The van der Waals surface area contributed by atoms with Gasteiger partial charge in [0, 0.05) is 30.6 Å². The fourth-order valence-electron chi connectivity index (χ4n) is 3.65. The Bertz CT molecular complexity index is 1460. The first-order valence-electron chi connectivity index (χ1n) is 11.1. The minimum absolute atomic E-state index is 0.0721. The molecule has 0 saturated heterocycles.